The zero-order chi connectivity index (χ0) is 27.8. The molecule has 2 aromatic rings. The number of amides is 2. The van der Waals surface area contributed by atoms with Crippen LogP contribution in [0.15, 0.2) is 48.6 Å². The van der Waals surface area contributed by atoms with Crippen molar-refractivity contribution >= 4 is 11.8 Å². The number of allylic oxidation sites excluding steroid dienone is 1. The molecule has 2 saturated heterocycles. The lowest BCUT2D eigenvalue weighted by Crippen LogP contribution is -2.49. The zero-order valence-corrected chi connectivity index (χ0v) is 23.5. The van der Waals surface area contributed by atoms with Crippen molar-refractivity contribution in [3.05, 3.63) is 59.7 Å². The molecule has 2 fully saturated rings. The van der Waals surface area contributed by atoms with Gasteiger partial charge in [-0.05, 0) is 86.3 Å². The maximum Gasteiger partial charge on any atom is 0.231 e. The molecule has 4 atom stereocenters. The molecule has 0 spiro atoms. The van der Waals surface area contributed by atoms with E-state index < -0.39 is 0 Å². The van der Waals surface area contributed by atoms with Gasteiger partial charge in [0.15, 0.2) is 23.0 Å². The Bertz CT molecular complexity index is 1330. The molecular formula is C33H38N2O6. The van der Waals surface area contributed by atoms with Gasteiger partial charge in [-0.2, -0.15) is 0 Å². The van der Waals surface area contributed by atoms with Crippen LogP contribution < -0.4 is 18.9 Å². The minimum atomic E-state index is -0.341. The van der Waals surface area contributed by atoms with Gasteiger partial charge in [0.1, 0.15) is 0 Å². The highest BCUT2D eigenvalue weighted by Crippen LogP contribution is 2.47. The van der Waals surface area contributed by atoms with E-state index in [2.05, 4.69) is 24.3 Å². The second kappa shape index (κ2) is 11.3. The molecule has 41 heavy (non-hydrogen) atoms. The number of hydrogen-bond donors (Lipinski definition) is 0. The molecule has 1 aliphatic carbocycles. The Kier molecular flexibility index (Phi) is 7.23. The number of benzene rings is 2. The Balaban J connectivity index is 1.25. The van der Waals surface area contributed by atoms with Crippen molar-refractivity contribution in [1.29, 1.82) is 0 Å². The minimum Gasteiger partial charge on any atom is -0.454 e. The van der Waals surface area contributed by atoms with E-state index in [0.29, 0.717) is 5.75 Å². The van der Waals surface area contributed by atoms with E-state index in [4.69, 9.17) is 18.9 Å². The fourth-order valence-electron chi connectivity index (χ4n) is 7.29. The first-order chi connectivity index (χ1) is 20.2. The number of fused-ring (bicyclic) bond motifs is 2. The quantitative estimate of drug-likeness (QED) is 0.469. The van der Waals surface area contributed by atoms with Gasteiger partial charge in [-0.3, -0.25) is 9.59 Å². The van der Waals surface area contributed by atoms with Crippen LogP contribution in [0.3, 0.4) is 0 Å². The van der Waals surface area contributed by atoms with Crippen LogP contribution >= 0.6 is 0 Å². The summed E-state index contributed by atoms with van der Waals surface area (Å²) in [4.78, 5) is 32.6. The summed E-state index contributed by atoms with van der Waals surface area (Å²) in [6.07, 6.45) is 11.0. The van der Waals surface area contributed by atoms with Gasteiger partial charge in [0.2, 0.25) is 25.4 Å². The number of hydrogen-bond acceptors (Lipinski definition) is 6. The number of aryl methyl sites for hydroxylation is 1. The first-order valence-electron chi connectivity index (χ1n) is 15.2. The average molecular weight is 559 g/mol. The summed E-state index contributed by atoms with van der Waals surface area (Å²) >= 11 is 0. The standard InChI is InChI=1S/C33H38N2O6/c36-32(34-14-2-1-3-15-34)26-11-10-24(23-8-13-28-30(19-23)41-21-39-28)31(33(37)35-16-4-5-17-35)25(26)9-6-22-7-12-27-29(18-22)40-20-38-27/h7-8,10-13,18-19,24-26,31H,1-6,9,14-17,20-21H2/t24-,25-,26-,31-/m1/s1. The maximum absolute atomic E-state index is 14.4. The van der Waals surface area contributed by atoms with Crippen LogP contribution in [0.25, 0.3) is 0 Å². The molecule has 0 unspecified atom stereocenters. The SMILES string of the molecule is O=C([C@H]1[C@H](CCc2ccc3c(c2)OCO3)[C@H](C(=O)N2CCCCC2)C=C[C@@H]1c1ccc2c(c1)OCO2)N1CCCC1. The van der Waals surface area contributed by atoms with E-state index in [1.165, 1.54) is 6.42 Å². The molecule has 2 amide bonds. The molecule has 8 nitrogen and oxygen atoms in total. The minimum absolute atomic E-state index is 0.136. The molecule has 2 aromatic carbocycles. The summed E-state index contributed by atoms with van der Waals surface area (Å²) in [7, 11) is 0. The smallest absolute Gasteiger partial charge is 0.231 e. The van der Waals surface area contributed by atoms with Crippen molar-refractivity contribution in [3.63, 3.8) is 0 Å². The van der Waals surface area contributed by atoms with Crippen molar-refractivity contribution in [2.45, 2.75) is 50.9 Å². The fourth-order valence-corrected chi connectivity index (χ4v) is 7.29. The van der Waals surface area contributed by atoms with E-state index in [-0.39, 0.29) is 49.1 Å². The molecule has 0 aromatic heterocycles. The molecule has 8 heteroatoms. The molecule has 4 aliphatic heterocycles. The van der Waals surface area contributed by atoms with E-state index in [0.717, 1.165) is 93.1 Å². The molecule has 0 bridgehead atoms. The molecule has 4 heterocycles. The number of ether oxygens (including phenoxy) is 4. The van der Waals surface area contributed by atoms with Gasteiger partial charge in [0.05, 0.1) is 11.8 Å². The second-order valence-corrected chi connectivity index (χ2v) is 11.9. The molecule has 216 valence electrons. The summed E-state index contributed by atoms with van der Waals surface area (Å²) in [5.41, 5.74) is 2.15. The molecule has 7 rings (SSSR count). The number of carbonyl (C=O) groups excluding carboxylic acids is 2. The van der Waals surface area contributed by atoms with Gasteiger partial charge in [0, 0.05) is 32.1 Å². The Morgan fingerprint density at radius 2 is 1.29 bits per heavy atom. The largest absolute Gasteiger partial charge is 0.454 e. The predicted molar refractivity (Wildman–Crippen MR) is 152 cm³/mol. The monoisotopic (exact) mass is 558 g/mol. The van der Waals surface area contributed by atoms with Crippen LogP contribution in [0.5, 0.6) is 23.0 Å². The summed E-state index contributed by atoms with van der Waals surface area (Å²) in [6.45, 7) is 3.62. The van der Waals surface area contributed by atoms with Crippen molar-refractivity contribution in [1.82, 2.24) is 9.80 Å². The van der Waals surface area contributed by atoms with Crippen LogP contribution in [0.4, 0.5) is 0 Å². The zero-order valence-electron chi connectivity index (χ0n) is 23.5. The van der Waals surface area contributed by atoms with Gasteiger partial charge in [-0.1, -0.05) is 24.3 Å². The number of carbonyl (C=O) groups is 2. The highest BCUT2D eigenvalue weighted by atomic mass is 16.7. The van der Waals surface area contributed by atoms with Crippen molar-refractivity contribution in [3.8, 4) is 23.0 Å². The molecule has 0 N–H and O–H groups in total. The third-order valence-corrected chi connectivity index (χ3v) is 9.48. The lowest BCUT2D eigenvalue weighted by molar-refractivity contribution is -0.142. The van der Waals surface area contributed by atoms with Crippen LogP contribution in [0.1, 0.15) is 55.6 Å². The van der Waals surface area contributed by atoms with Gasteiger partial charge in [-0.15, -0.1) is 0 Å². The average Bonchev–Trinajstić information content (AvgIpc) is 3.81. The van der Waals surface area contributed by atoms with E-state index in [9.17, 15) is 9.59 Å². The molecular weight excluding hydrogens is 520 g/mol. The van der Waals surface area contributed by atoms with E-state index in [1.807, 2.05) is 34.1 Å². The number of likely N-dealkylation sites (tertiary alicyclic amines) is 2. The van der Waals surface area contributed by atoms with Crippen molar-refractivity contribution < 1.29 is 28.5 Å². The molecule has 5 aliphatic rings. The van der Waals surface area contributed by atoms with Crippen LogP contribution in [-0.4, -0.2) is 61.4 Å². The number of nitrogens with zero attached hydrogens (tertiary/aromatic N) is 2. The third-order valence-electron chi connectivity index (χ3n) is 9.48. The first kappa shape index (κ1) is 26.2. The lowest BCUT2D eigenvalue weighted by atomic mass is 9.65. The highest BCUT2D eigenvalue weighted by Gasteiger charge is 2.46. The van der Waals surface area contributed by atoms with E-state index >= 15 is 0 Å². The maximum atomic E-state index is 14.4. The Hall–Kier alpha value is -3.68. The van der Waals surface area contributed by atoms with Crippen LogP contribution in [0, 0.1) is 17.8 Å². The third kappa shape index (κ3) is 5.13. The van der Waals surface area contributed by atoms with E-state index in [1.54, 1.807) is 0 Å². The Morgan fingerprint density at radius 3 is 2.02 bits per heavy atom. The van der Waals surface area contributed by atoms with Crippen molar-refractivity contribution in [2.24, 2.45) is 17.8 Å². The lowest BCUT2D eigenvalue weighted by Gasteiger charge is -2.42. The Morgan fingerprint density at radius 1 is 0.683 bits per heavy atom. The highest BCUT2D eigenvalue weighted by molar-refractivity contribution is 5.86. The van der Waals surface area contributed by atoms with Gasteiger partial charge in [0.25, 0.3) is 0 Å². The predicted octanol–water partition coefficient (Wildman–Crippen LogP) is 4.91. The summed E-state index contributed by atoms with van der Waals surface area (Å²) in [5, 5.41) is 0. The molecule has 0 saturated carbocycles. The first-order valence-corrected chi connectivity index (χ1v) is 15.2. The summed E-state index contributed by atoms with van der Waals surface area (Å²) in [5.74, 6) is 2.34. The van der Waals surface area contributed by atoms with Crippen LogP contribution in [0.2, 0.25) is 0 Å². The van der Waals surface area contributed by atoms with Crippen LogP contribution in [-0.2, 0) is 16.0 Å². The topological polar surface area (TPSA) is 77.5 Å². The Labute approximate surface area is 241 Å². The van der Waals surface area contributed by atoms with Gasteiger partial charge >= 0.3 is 0 Å². The molecule has 0 radical (unpaired) electrons. The normalized spacial score (nSPS) is 26.4. The summed E-state index contributed by atoms with van der Waals surface area (Å²) < 4.78 is 22.4. The van der Waals surface area contributed by atoms with Crippen molar-refractivity contribution in [2.75, 3.05) is 39.8 Å². The number of piperidine rings is 1. The van der Waals surface area contributed by atoms with Gasteiger partial charge in [-0.25, -0.2) is 0 Å². The van der Waals surface area contributed by atoms with Gasteiger partial charge < -0.3 is 28.7 Å². The number of rotatable bonds is 6. The fraction of sp³-hybridized carbons (Fsp3) is 0.515. The summed E-state index contributed by atoms with van der Waals surface area (Å²) in [6, 6.07) is 12.1. The second-order valence-electron chi connectivity index (χ2n) is 11.9.